The van der Waals surface area contributed by atoms with Gasteiger partial charge in [-0.3, -0.25) is 9.79 Å². The third-order valence-corrected chi connectivity index (χ3v) is 4.88. The summed E-state index contributed by atoms with van der Waals surface area (Å²) in [6.45, 7) is 1.67. The summed E-state index contributed by atoms with van der Waals surface area (Å²) in [5, 5.41) is 5.69. The first kappa shape index (κ1) is 15.8. The van der Waals surface area contributed by atoms with Crippen LogP contribution in [0.5, 0.6) is 0 Å². The Morgan fingerprint density at radius 3 is 2.72 bits per heavy atom. The predicted molar refractivity (Wildman–Crippen MR) is 95.3 cm³/mol. The highest BCUT2D eigenvalue weighted by Gasteiger charge is 2.26. The van der Waals surface area contributed by atoms with E-state index in [0.29, 0.717) is 11.8 Å². The van der Waals surface area contributed by atoms with Crippen LogP contribution in [0.15, 0.2) is 52.9 Å². The van der Waals surface area contributed by atoms with Crippen LogP contribution in [0.1, 0.15) is 15.9 Å². The molecule has 0 atom stereocenters. The number of nitrogens with one attached hydrogen (secondary N) is 1. The van der Waals surface area contributed by atoms with Gasteiger partial charge in [0.15, 0.2) is 5.17 Å². The van der Waals surface area contributed by atoms with Gasteiger partial charge in [-0.05, 0) is 29.8 Å². The first-order valence-electron chi connectivity index (χ1n) is 7.67. The molecule has 0 saturated heterocycles. The molecule has 4 rings (SSSR count). The van der Waals surface area contributed by atoms with Crippen LogP contribution in [-0.4, -0.2) is 29.1 Å². The molecule has 2 aliphatic rings. The second-order valence-corrected chi connectivity index (χ2v) is 6.43. The van der Waals surface area contributed by atoms with Crippen LogP contribution in [0.3, 0.4) is 0 Å². The van der Waals surface area contributed by atoms with Crippen LogP contribution in [0.25, 0.3) is 5.70 Å². The van der Waals surface area contributed by atoms with Gasteiger partial charge in [-0.1, -0.05) is 23.9 Å². The molecule has 1 N–H and O–H groups in total. The minimum Gasteiger partial charge on any atom is -0.322 e. The van der Waals surface area contributed by atoms with Crippen molar-refractivity contribution in [2.24, 2.45) is 4.99 Å². The van der Waals surface area contributed by atoms with Gasteiger partial charge in [-0.2, -0.15) is 0 Å². The number of fused-ring (bicyclic) bond motifs is 1. The molecule has 0 saturated carbocycles. The molecule has 0 bridgehead atoms. The van der Waals surface area contributed by atoms with Crippen molar-refractivity contribution in [1.82, 2.24) is 4.90 Å². The van der Waals surface area contributed by atoms with Crippen molar-refractivity contribution in [3.63, 3.8) is 0 Å². The fraction of sp³-hybridized carbons (Fsp3) is 0.111. The van der Waals surface area contributed by atoms with Gasteiger partial charge in [-0.15, -0.1) is 0 Å². The van der Waals surface area contributed by atoms with Crippen molar-refractivity contribution in [2.45, 2.75) is 0 Å². The molecule has 1 amide bonds. The van der Waals surface area contributed by atoms with Crippen LogP contribution in [-0.2, 0) is 0 Å². The third kappa shape index (κ3) is 3.02. The number of nitrogens with zero attached hydrogens (tertiary/aromatic N) is 2. The monoisotopic (exact) mass is 357 g/mol. The Morgan fingerprint density at radius 1 is 1.16 bits per heavy atom. The number of thioether (sulfide) groups is 1. The second kappa shape index (κ2) is 6.33. The van der Waals surface area contributed by atoms with E-state index in [1.807, 2.05) is 12.1 Å². The summed E-state index contributed by atoms with van der Waals surface area (Å²) in [5.41, 5.74) is 2.45. The van der Waals surface area contributed by atoms with Gasteiger partial charge in [0.2, 0.25) is 0 Å². The predicted octanol–water partition coefficient (Wildman–Crippen LogP) is 3.93. The van der Waals surface area contributed by atoms with Crippen LogP contribution >= 0.6 is 11.8 Å². The average Bonchev–Trinajstić information content (AvgIpc) is 3.19. The summed E-state index contributed by atoms with van der Waals surface area (Å²) in [4.78, 5) is 18.7. The van der Waals surface area contributed by atoms with E-state index in [2.05, 4.69) is 20.6 Å². The molecule has 7 heteroatoms. The third-order valence-electron chi connectivity index (χ3n) is 3.98. The van der Waals surface area contributed by atoms with Crippen molar-refractivity contribution in [3.8, 4) is 0 Å². The van der Waals surface area contributed by atoms with Crippen LogP contribution in [0.2, 0.25) is 0 Å². The van der Waals surface area contributed by atoms with E-state index in [-0.39, 0.29) is 5.56 Å². The fourth-order valence-corrected chi connectivity index (χ4v) is 3.71. The molecule has 4 nitrogen and oxygen atoms in total. The maximum absolute atomic E-state index is 13.7. The number of amidine groups is 1. The summed E-state index contributed by atoms with van der Waals surface area (Å²) in [5.74, 6) is -2.22. The van der Waals surface area contributed by atoms with E-state index < -0.39 is 17.5 Å². The molecule has 126 valence electrons. The van der Waals surface area contributed by atoms with Gasteiger partial charge >= 0.3 is 0 Å². The number of anilines is 1. The van der Waals surface area contributed by atoms with Crippen molar-refractivity contribution >= 4 is 34.2 Å². The van der Waals surface area contributed by atoms with E-state index in [9.17, 15) is 13.6 Å². The Kier molecular flexibility index (Phi) is 4.01. The van der Waals surface area contributed by atoms with E-state index in [1.54, 1.807) is 23.9 Å². The highest BCUT2D eigenvalue weighted by Crippen LogP contribution is 2.35. The van der Waals surface area contributed by atoms with E-state index in [0.717, 1.165) is 41.7 Å². The summed E-state index contributed by atoms with van der Waals surface area (Å²) in [6, 6.07) is 10.2. The molecule has 2 aliphatic heterocycles. The Bertz CT molecular complexity index is 909. The average molecular weight is 357 g/mol. The fourth-order valence-electron chi connectivity index (χ4n) is 2.74. The van der Waals surface area contributed by atoms with Gasteiger partial charge < -0.3 is 10.2 Å². The number of rotatable bonds is 3. The van der Waals surface area contributed by atoms with Crippen LogP contribution < -0.4 is 5.32 Å². The van der Waals surface area contributed by atoms with Gasteiger partial charge in [0, 0.05) is 23.7 Å². The van der Waals surface area contributed by atoms with Gasteiger partial charge in [0.1, 0.15) is 11.6 Å². The summed E-state index contributed by atoms with van der Waals surface area (Å²) in [6.07, 6.45) is 0. The number of benzene rings is 2. The number of carbonyl (C=O) groups excluding carboxylic acids is 1. The largest absolute Gasteiger partial charge is 0.322 e. The number of amides is 1. The summed E-state index contributed by atoms with van der Waals surface area (Å²) in [7, 11) is 0. The Morgan fingerprint density at radius 2 is 1.96 bits per heavy atom. The molecular weight excluding hydrogens is 344 g/mol. The smallest absolute Gasteiger partial charge is 0.258 e. The number of carbonyl (C=O) groups is 1. The van der Waals surface area contributed by atoms with Crippen molar-refractivity contribution in [3.05, 3.63) is 70.6 Å². The van der Waals surface area contributed by atoms with E-state index in [1.165, 1.54) is 0 Å². The lowest BCUT2D eigenvalue weighted by Gasteiger charge is -2.17. The molecule has 0 fully saturated rings. The number of hydrogen-bond acceptors (Lipinski definition) is 4. The molecule has 0 spiro atoms. The highest BCUT2D eigenvalue weighted by atomic mass is 32.2. The maximum atomic E-state index is 13.7. The zero-order chi connectivity index (χ0) is 17.4. The normalized spacial score (nSPS) is 15.7. The maximum Gasteiger partial charge on any atom is 0.258 e. The highest BCUT2D eigenvalue weighted by molar-refractivity contribution is 8.16. The molecule has 2 aromatic rings. The zero-order valence-corrected chi connectivity index (χ0v) is 13.8. The van der Waals surface area contributed by atoms with Crippen LogP contribution in [0, 0.1) is 11.6 Å². The standard InChI is InChI=1S/C18H13F2N3OS/c19-12-3-6-14(15(20)9-12)17(24)22-13-4-1-11(2-5-13)16-10-25-18-21-7-8-23(16)18/h1-6,9-10H,7-8H2,(H,22,24). The molecule has 2 aromatic carbocycles. The zero-order valence-electron chi connectivity index (χ0n) is 13.0. The lowest BCUT2D eigenvalue weighted by Crippen LogP contribution is -2.19. The molecule has 0 unspecified atom stereocenters. The minimum atomic E-state index is -0.886. The first-order chi connectivity index (χ1) is 12.1. The first-order valence-corrected chi connectivity index (χ1v) is 8.55. The molecule has 2 heterocycles. The number of aliphatic imine (C=N–C) groups is 1. The van der Waals surface area contributed by atoms with Crippen molar-refractivity contribution < 1.29 is 13.6 Å². The number of halogens is 2. The lowest BCUT2D eigenvalue weighted by molar-refractivity contribution is 0.102. The van der Waals surface area contributed by atoms with E-state index in [4.69, 9.17) is 0 Å². The molecular formula is C18H13F2N3OS. The Hall–Kier alpha value is -2.67. The Balaban J connectivity index is 1.49. The van der Waals surface area contributed by atoms with Crippen molar-refractivity contribution in [2.75, 3.05) is 18.4 Å². The van der Waals surface area contributed by atoms with Gasteiger partial charge in [0.05, 0.1) is 17.8 Å². The molecule has 0 aliphatic carbocycles. The topological polar surface area (TPSA) is 44.7 Å². The van der Waals surface area contributed by atoms with Crippen molar-refractivity contribution in [1.29, 1.82) is 0 Å². The second-order valence-electron chi connectivity index (χ2n) is 5.59. The number of hydrogen-bond donors (Lipinski definition) is 1. The van der Waals surface area contributed by atoms with Gasteiger partial charge in [0.25, 0.3) is 5.91 Å². The SMILES string of the molecule is O=C(Nc1ccc(C2=CSC3=NCCN23)cc1)c1ccc(F)cc1F. The molecule has 25 heavy (non-hydrogen) atoms. The molecule has 0 radical (unpaired) electrons. The quantitative estimate of drug-likeness (QED) is 0.905. The van der Waals surface area contributed by atoms with Crippen LogP contribution in [0.4, 0.5) is 14.5 Å². The van der Waals surface area contributed by atoms with E-state index >= 15 is 0 Å². The van der Waals surface area contributed by atoms with Gasteiger partial charge in [-0.25, -0.2) is 8.78 Å². The minimum absolute atomic E-state index is 0.196. The summed E-state index contributed by atoms with van der Waals surface area (Å²) >= 11 is 1.60. The molecule has 0 aromatic heterocycles. The summed E-state index contributed by atoms with van der Waals surface area (Å²) < 4.78 is 26.6. The Labute approximate surface area is 147 Å². The lowest BCUT2D eigenvalue weighted by atomic mass is 10.1.